The molecule has 26 heavy (non-hydrogen) atoms. The van der Waals surface area contributed by atoms with E-state index in [0.29, 0.717) is 18.9 Å². The van der Waals surface area contributed by atoms with Gasteiger partial charge in [-0.2, -0.15) is 10.2 Å². The van der Waals surface area contributed by atoms with Crippen LogP contribution < -0.4 is 5.32 Å². The molecule has 0 spiro atoms. The summed E-state index contributed by atoms with van der Waals surface area (Å²) in [6.07, 6.45) is 4.64. The van der Waals surface area contributed by atoms with Crippen LogP contribution in [0.3, 0.4) is 0 Å². The summed E-state index contributed by atoms with van der Waals surface area (Å²) in [7, 11) is 0. The van der Waals surface area contributed by atoms with Crippen molar-refractivity contribution in [1.82, 2.24) is 19.6 Å². The highest BCUT2D eigenvalue weighted by atomic mass is 16.4. The molecule has 0 saturated heterocycles. The maximum atomic E-state index is 12.0. The van der Waals surface area contributed by atoms with Crippen LogP contribution in [0, 0.1) is 6.92 Å². The lowest BCUT2D eigenvalue weighted by Crippen LogP contribution is -2.15. The molecule has 0 fully saturated rings. The van der Waals surface area contributed by atoms with Gasteiger partial charge in [-0.3, -0.25) is 14.2 Å². The summed E-state index contributed by atoms with van der Waals surface area (Å²) in [4.78, 5) is 22.8. The molecule has 2 heterocycles. The highest BCUT2D eigenvalue weighted by Crippen LogP contribution is 2.11. The van der Waals surface area contributed by atoms with Crippen LogP contribution in [-0.2, 0) is 17.9 Å². The van der Waals surface area contributed by atoms with Gasteiger partial charge in [0.15, 0.2) is 5.82 Å². The number of hydrogen-bond donors (Lipinski definition) is 2. The van der Waals surface area contributed by atoms with E-state index >= 15 is 0 Å². The summed E-state index contributed by atoms with van der Waals surface area (Å²) in [5, 5.41) is 19.9. The van der Waals surface area contributed by atoms with E-state index in [9.17, 15) is 9.59 Å². The van der Waals surface area contributed by atoms with Crippen LogP contribution in [0.2, 0.25) is 0 Å². The zero-order valence-electron chi connectivity index (χ0n) is 14.3. The molecule has 1 aromatic carbocycles. The minimum absolute atomic E-state index is 0.0976. The van der Waals surface area contributed by atoms with Crippen molar-refractivity contribution in [1.29, 1.82) is 0 Å². The molecular formula is C18H19N5O3. The van der Waals surface area contributed by atoms with E-state index < -0.39 is 5.97 Å². The van der Waals surface area contributed by atoms with Gasteiger partial charge in [0, 0.05) is 31.4 Å². The van der Waals surface area contributed by atoms with Gasteiger partial charge in [0.05, 0.1) is 18.3 Å². The van der Waals surface area contributed by atoms with Gasteiger partial charge in [0.1, 0.15) is 0 Å². The van der Waals surface area contributed by atoms with Crippen LogP contribution in [0.15, 0.2) is 48.9 Å². The predicted molar refractivity (Wildman–Crippen MR) is 94.9 cm³/mol. The minimum atomic E-state index is -1.04. The van der Waals surface area contributed by atoms with Crippen LogP contribution in [0.25, 0.3) is 0 Å². The van der Waals surface area contributed by atoms with Crippen LogP contribution >= 0.6 is 0 Å². The molecule has 3 rings (SSSR count). The third kappa shape index (κ3) is 4.35. The second kappa shape index (κ2) is 7.64. The number of carboxylic acid groups (broad SMARTS) is 1. The SMILES string of the molecule is Cc1ccccc1Cn1ccc(NC(=O)CCn2cc(C(=O)O)cn2)n1. The number of aromatic nitrogens is 4. The molecule has 3 aromatic rings. The Bertz CT molecular complexity index is 928. The number of carboxylic acids is 1. The van der Waals surface area contributed by atoms with Gasteiger partial charge >= 0.3 is 5.97 Å². The number of nitrogens with zero attached hydrogens (tertiary/aromatic N) is 4. The fourth-order valence-electron chi connectivity index (χ4n) is 2.50. The lowest BCUT2D eigenvalue weighted by atomic mass is 10.1. The highest BCUT2D eigenvalue weighted by Gasteiger charge is 2.09. The minimum Gasteiger partial charge on any atom is -0.478 e. The maximum Gasteiger partial charge on any atom is 0.338 e. The van der Waals surface area contributed by atoms with Gasteiger partial charge in [0.25, 0.3) is 0 Å². The third-order valence-electron chi connectivity index (χ3n) is 3.95. The zero-order chi connectivity index (χ0) is 18.5. The van der Waals surface area contributed by atoms with E-state index in [2.05, 4.69) is 15.5 Å². The van der Waals surface area contributed by atoms with Crippen molar-refractivity contribution in [3.63, 3.8) is 0 Å². The van der Waals surface area contributed by atoms with E-state index in [4.69, 9.17) is 5.11 Å². The smallest absolute Gasteiger partial charge is 0.338 e. The first kappa shape index (κ1) is 17.4. The van der Waals surface area contributed by atoms with Gasteiger partial charge in [0.2, 0.25) is 5.91 Å². The Labute approximate surface area is 150 Å². The molecule has 2 N–H and O–H groups in total. The Morgan fingerprint density at radius 3 is 2.73 bits per heavy atom. The van der Waals surface area contributed by atoms with Gasteiger partial charge < -0.3 is 10.4 Å². The molecular weight excluding hydrogens is 334 g/mol. The molecule has 2 aromatic heterocycles. The number of rotatable bonds is 7. The van der Waals surface area contributed by atoms with Crippen molar-refractivity contribution < 1.29 is 14.7 Å². The standard InChI is InChI=1S/C18H19N5O3/c1-13-4-2-3-5-14(13)11-23-8-6-16(21-23)20-17(24)7-9-22-12-15(10-19-22)18(25)26/h2-6,8,10,12H,7,9,11H2,1H3,(H,25,26)(H,20,21,24). The monoisotopic (exact) mass is 353 g/mol. The number of hydrogen-bond acceptors (Lipinski definition) is 4. The summed E-state index contributed by atoms with van der Waals surface area (Å²) < 4.78 is 3.20. The van der Waals surface area contributed by atoms with Crippen molar-refractivity contribution in [2.24, 2.45) is 0 Å². The molecule has 0 aliphatic carbocycles. The van der Waals surface area contributed by atoms with E-state index in [-0.39, 0.29) is 17.9 Å². The van der Waals surface area contributed by atoms with E-state index in [1.54, 1.807) is 10.7 Å². The average Bonchev–Trinajstić information content (AvgIpc) is 3.25. The first-order valence-corrected chi connectivity index (χ1v) is 8.15. The second-order valence-electron chi connectivity index (χ2n) is 5.92. The molecule has 0 radical (unpaired) electrons. The quantitative estimate of drug-likeness (QED) is 0.678. The Morgan fingerprint density at radius 2 is 2.00 bits per heavy atom. The summed E-state index contributed by atoms with van der Waals surface area (Å²) in [6, 6.07) is 9.82. The van der Waals surface area contributed by atoms with Gasteiger partial charge in [-0.1, -0.05) is 24.3 Å². The van der Waals surface area contributed by atoms with Crippen molar-refractivity contribution in [3.05, 3.63) is 65.6 Å². The van der Waals surface area contributed by atoms with Crippen LogP contribution in [0.4, 0.5) is 5.82 Å². The van der Waals surface area contributed by atoms with E-state index in [1.165, 1.54) is 28.2 Å². The van der Waals surface area contributed by atoms with Crippen molar-refractivity contribution in [2.75, 3.05) is 5.32 Å². The van der Waals surface area contributed by atoms with E-state index in [0.717, 1.165) is 0 Å². The first-order chi connectivity index (χ1) is 12.5. The van der Waals surface area contributed by atoms with Gasteiger partial charge in [-0.15, -0.1) is 0 Å². The van der Waals surface area contributed by atoms with Crippen molar-refractivity contribution in [2.45, 2.75) is 26.4 Å². The Hall–Kier alpha value is -3.42. The number of aromatic carboxylic acids is 1. The lowest BCUT2D eigenvalue weighted by molar-refractivity contribution is -0.116. The molecule has 0 atom stereocenters. The molecule has 8 heteroatoms. The second-order valence-corrected chi connectivity index (χ2v) is 5.92. The van der Waals surface area contributed by atoms with Crippen molar-refractivity contribution >= 4 is 17.7 Å². The van der Waals surface area contributed by atoms with Gasteiger partial charge in [-0.25, -0.2) is 4.79 Å². The number of carbonyl (C=O) groups excluding carboxylic acids is 1. The van der Waals surface area contributed by atoms with E-state index in [1.807, 2.05) is 37.4 Å². The summed E-state index contributed by atoms with van der Waals surface area (Å²) in [5.74, 6) is -0.770. The molecule has 0 unspecified atom stereocenters. The van der Waals surface area contributed by atoms with Crippen LogP contribution in [0.1, 0.15) is 27.9 Å². The Morgan fingerprint density at radius 1 is 1.19 bits per heavy atom. The van der Waals surface area contributed by atoms with Crippen molar-refractivity contribution in [3.8, 4) is 0 Å². The van der Waals surface area contributed by atoms with Crippen LogP contribution in [0.5, 0.6) is 0 Å². The summed E-state index contributed by atoms with van der Waals surface area (Å²) in [6.45, 7) is 2.98. The molecule has 134 valence electrons. The predicted octanol–water partition coefficient (Wildman–Crippen LogP) is 2.16. The molecule has 0 aliphatic heterocycles. The number of nitrogens with one attached hydrogen (secondary N) is 1. The molecule has 0 bridgehead atoms. The summed E-state index contributed by atoms with van der Waals surface area (Å²) in [5.41, 5.74) is 2.45. The summed E-state index contributed by atoms with van der Waals surface area (Å²) >= 11 is 0. The lowest BCUT2D eigenvalue weighted by Gasteiger charge is -2.06. The highest BCUT2D eigenvalue weighted by molar-refractivity contribution is 5.89. The molecule has 0 saturated carbocycles. The first-order valence-electron chi connectivity index (χ1n) is 8.15. The number of aryl methyl sites for hydroxylation is 2. The molecule has 0 aliphatic rings. The average molecular weight is 353 g/mol. The van der Waals surface area contributed by atoms with Crippen LogP contribution in [-0.4, -0.2) is 36.5 Å². The normalized spacial score (nSPS) is 10.7. The Kier molecular flexibility index (Phi) is 5.12. The number of anilines is 1. The number of carbonyl (C=O) groups is 2. The van der Waals surface area contributed by atoms with Gasteiger partial charge in [-0.05, 0) is 18.1 Å². The number of amides is 1. The fraction of sp³-hybridized carbons (Fsp3) is 0.222. The largest absolute Gasteiger partial charge is 0.478 e. The maximum absolute atomic E-state index is 12.0. The number of benzene rings is 1. The Balaban J connectivity index is 1.52. The topological polar surface area (TPSA) is 102 Å². The molecule has 8 nitrogen and oxygen atoms in total. The third-order valence-corrected chi connectivity index (χ3v) is 3.95. The zero-order valence-corrected chi connectivity index (χ0v) is 14.3. The molecule has 1 amide bonds. The fourth-order valence-corrected chi connectivity index (χ4v) is 2.50.